The molecule has 1 saturated heterocycles. The first-order chi connectivity index (χ1) is 17.2. The number of methoxy groups -OCH3 is 1. The van der Waals surface area contributed by atoms with Crippen molar-refractivity contribution in [3.05, 3.63) is 83.2 Å². The Balaban J connectivity index is 0.00000320. The number of halogens is 1. The van der Waals surface area contributed by atoms with E-state index >= 15 is 0 Å². The van der Waals surface area contributed by atoms with Gasteiger partial charge in [-0.1, -0.05) is 25.6 Å². The number of nitrogens with zero attached hydrogens (tertiary/aromatic N) is 5. The average Bonchev–Trinajstić information content (AvgIpc) is 3.28. The van der Waals surface area contributed by atoms with Crippen LogP contribution in [0.15, 0.2) is 65.6 Å². The fourth-order valence-corrected chi connectivity index (χ4v) is 4.90. The Labute approximate surface area is 217 Å². The quantitative estimate of drug-likeness (QED) is 0.447. The fraction of sp³-hybridized carbons (Fsp3) is 0.345. The summed E-state index contributed by atoms with van der Waals surface area (Å²) in [6.45, 7) is 6.60. The molecule has 2 aromatic carbocycles. The van der Waals surface area contributed by atoms with Gasteiger partial charge in [0.05, 0.1) is 36.4 Å². The second-order valence-corrected chi connectivity index (χ2v) is 9.84. The molecule has 37 heavy (non-hydrogen) atoms. The van der Waals surface area contributed by atoms with Crippen LogP contribution in [0.1, 0.15) is 50.6 Å². The Bertz CT molecular complexity index is 1370. The maximum Gasteiger partial charge on any atom is 0.259 e. The first-order valence-corrected chi connectivity index (χ1v) is 12.0. The Kier molecular flexibility index (Phi) is 6.95. The smallest absolute Gasteiger partial charge is 0.259 e. The number of amides is 1. The molecule has 0 radical (unpaired) electrons. The van der Waals surface area contributed by atoms with Crippen LogP contribution >= 0.6 is 0 Å². The van der Waals surface area contributed by atoms with Gasteiger partial charge in [0.2, 0.25) is 5.96 Å². The summed E-state index contributed by atoms with van der Waals surface area (Å²) in [4.78, 5) is 27.1. The third kappa shape index (κ3) is 4.75. The van der Waals surface area contributed by atoms with E-state index in [9.17, 15) is 9.18 Å². The normalized spacial score (nSPS) is 19.8. The van der Waals surface area contributed by atoms with Crippen molar-refractivity contribution in [3.8, 4) is 11.4 Å². The number of rotatable bonds is 4. The van der Waals surface area contributed by atoms with Crippen molar-refractivity contribution in [2.24, 2.45) is 4.99 Å². The minimum Gasteiger partial charge on any atom is -0.495 e. The van der Waals surface area contributed by atoms with Crippen LogP contribution in [-0.4, -0.2) is 57.5 Å². The first-order valence-electron chi connectivity index (χ1n) is 12.0. The molecule has 1 unspecified atom stereocenters. The molecule has 1 amide bonds. The number of hydrogen-bond acceptors (Lipinski definition) is 5. The van der Waals surface area contributed by atoms with Gasteiger partial charge in [0.15, 0.2) is 0 Å². The maximum atomic E-state index is 14.1. The number of carbonyl (C=O) groups excluding carboxylic acids is 1. The van der Waals surface area contributed by atoms with Crippen LogP contribution < -0.4 is 4.74 Å². The van der Waals surface area contributed by atoms with Crippen molar-refractivity contribution in [1.82, 2.24) is 19.4 Å². The minimum absolute atomic E-state index is 0. The molecule has 3 aromatic rings. The minimum atomic E-state index is -0.727. The molecule has 0 N–H and O–H groups in total. The number of fused-ring (bicyclic) bond motifs is 1. The van der Waals surface area contributed by atoms with Gasteiger partial charge in [-0.25, -0.2) is 14.4 Å². The summed E-state index contributed by atoms with van der Waals surface area (Å²) in [6, 6.07) is 12.0. The van der Waals surface area contributed by atoms with Crippen LogP contribution in [0.4, 0.5) is 4.39 Å². The number of aryl methyl sites for hydroxylation is 1. The second kappa shape index (κ2) is 9.84. The second-order valence-electron chi connectivity index (χ2n) is 9.84. The molecule has 0 spiro atoms. The Morgan fingerprint density at radius 3 is 2.54 bits per heavy atom. The van der Waals surface area contributed by atoms with Crippen LogP contribution in [0.3, 0.4) is 0 Å². The zero-order valence-electron chi connectivity index (χ0n) is 21.2. The van der Waals surface area contributed by atoms with Crippen LogP contribution in [0.5, 0.6) is 5.75 Å². The number of imidazole rings is 1. The molecule has 2 aliphatic heterocycles. The van der Waals surface area contributed by atoms with E-state index in [-0.39, 0.29) is 25.2 Å². The van der Waals surface area contributed by atoms with Crippen LogP contribution in [0, 0.1) is 12.7 Å². The zero-order valence-corrected chi connectivity index (χ0v) is 21.2. The SMILES string of the molecule is C.COc1cc(/C=C2/C(=O)N3C(=NC2(C)C)N(C)CCC3c2ccc(F)cc2)ccc1-n1cnc(C)c1. The Hall–Kier alpha value is -3.94. The van der Waals surface area contributed by atoms with E-state index in [1.165, 1.54) is 12.1 Å². The third-order valence-corrected chi connectivity index (χ3v) is 6.85. The number of ether oxygens (including phenoxy) is 1. The fourth-order valence-electron chi connectivity index (χ4n) is 4.90. The molecule has 7 nitrogen and oxygen atoms in total. The van der Waals surface area contributed by atoms with Gasteiger partial charge in [0, 0.05) is 25.4 Å². The predicted octanol–water partition coefficient (Wildman–Crippen LogP) is 5.40. The van der Waals surface area contributed by atoms with E-state index in [1.54, 1.807) is 30.5 Å². The van der Waals surface area contributed by atoms with E-state index in [1.807, 2.05) is 67.8 Å². The van der Waals surface area contributed by atoms with Crippen molar-refractivity contribution in [1.29, 1.82) is 0 Å². The predicted molar refractivity (Wildman–Crippen MR) is 144 cm³/mol. The highest BCUT2D eigenvalue weighted by Gasteiger charge is 2.45. The average molecular weight is 504 g/mol. The van der Waals surface area contributed by atoms with Crippen LogP contribution in [0.2, 0.25) is 0 Å². The lowest BCUT2D eigenvalue weighted by molar-refractivity contribution is -0.127. The summed E-state index contributed by atoms with van der Waals surface area (Å²) in [5.74, 6) is 0.926. The Morgan fingerprint density at radius 2 is 1.89 bits per heavy atom. The topological polar surface area (TPSA) is 63.0 Å². The molecule has 3 heterocycles. The highest BCUT2D eigenvalue weighted by atomic mass is 19.1. The largest absolute Gasteiger partial charge is 0.495 e. The molecule has 194 valence electrons. The lowest BCUT2D eigenvalue weighted by atomic mass is 9.87. The molecule has 1 aromatic heterocycles. The molecule has 5 rings (SSSR count). The van der Waals surface area contributed by atoms with Gasteiger partial charge < -0.3 is 14.2 Å². The van der Waals surface area contributed by atoms with E-state index in [4.69, 9.17) is 9.73 Å². The summed E-state index contributed by atoms with van der Waals surface area (Å²) < 4.78 is 21.2. The summed E-state index contributed by atoms with van der Waals surface area (Å²) in [6.07, 6.45) is 6.30. The Morgan fingerprint density at radius 1 is 1.16 bits per heavy atom. The lowest BCUT2D eigenvalue weighted by Gasteiger charge is -2.47. The van der Waals surface area contributed by atoms with E-state index in [2.05, 4.69) is 4.98 Å². The van der Waals surface area contributed by atoms with Crippen LogP contribution in [0.25, 0.3) is 11.8 Å². The molecule has 1 atom stereocenters. The van der Waals surface area contributed by atoms with E-state index in [0.717, 1.165) is 35.5 Å². The number of aromatic nitrogens is 2. The van der Waals surface area contributed by atoms with Gasteiger partial charge >= 0.3 is 0 Å². The van der Waals surface area contributed by atoms with Crippen molar-refractivity contribution in [3.63, 3.8) is 0 Å². The van der Waals surface area contributed by atoms with Gasteiger partial charge in [-0.3, -0.25) is 9.69 Å². The highest BCUT2D eigenvalue weighted by molar-refractivity contribution is 6.12. The summed E-state index contributed by atoms with van der Waals surface area (Å²) >= 11 is 0. The molecular weight excluding hydrogens is 469 g/mol. The number of guanidine groups is 1. The molecule has 0 bridgehead atoms. The number of carbonyl (C=O) groups is 1. The van der Waals surface area contributed by atoms with Crippen molar-refractivity contribution < 1.29 is 13.9 Å². The van der Waals surface area contributed by atoms with Crippen LogP contribution in [-0.2, 0) is 4.79 Å². The van der Waals surface area contributed by atoms with Gasteiger partial charge in [-0.05, 0) is 68.7 Å². The number of hydrogen-bond donors (Lipinski definition) is 0. The van der Waals surface area contributed by atoms with E-state index < -0.39 is 5.54 Å². The zero-order chi connectivity index (χ0) is 25.6. The summed E-state index contributed by atoms with van der Waals surface area (Å²) in [5.41, 5.74) is 3.37. The van der Waals surface area contributed by atoms with Crippen molar-refractivity contribution >= 4 is 17.9 Å². The van der Waals surface area contributed by atoms with Gasteiger partial charge in [-0.15, -0.1) is 0 Å². The monoisotopic (exact) mass is 503 g/mol. The molecular formula is C29H34FN5O2. The maximum absolute atomic E-state index is 14.1. The van der Waals surface area contributed by atoms with Gasteiger partial charge in [-0.2, -0.15) is 0 Å². The molecule has 0 aliphatic carbocycles. The number of benzene rings is 2. The molecule has 0 saturated carbocycles. The molecule has 2 aliphatic rings. The molecule has 1 fully saturated rings. The standard InChI is InChI=1S/C28H30FN5O2.CH4/c1-18-16-33(17-30-18)24-11-6-19(15-25(24)36-5)14-22-26(35)34-23(20-7-9-21(29)10-8-20)12-13-32(4)27(34)31-28(22,2)3;/h6-11,14-17,23H,12-13H2,1-5H3;1H4/b22-14-;. The third-order valence-electron chi connectivity index (χ3n) is 6.85. The highest BCUT2D eigenvalue weighted by Crippen LogP contribution is 2.39. The van der Waals surface area contributed by atoms with Gasteiger partial charge in [0.1, 0.15) is 11.6 Å². The van der Waals surface area contributed by atoms with Crippen molar-refractivity contribution in [2.75, 3.05) is 20.7 Å². The summed E-state index contributed by atoms with van der Waals surface area (Å²) in [5, 5.41) is 0. The molecule has 8 heteroatoms. The van der Waals surface area contributed by atoms with Crippen molar-refractivity contribution in [2.45, 2.75) is 46.2 Å². The van der Waals surface area contributed by atoms with Gasteiger partial charge in [0.25, 0.3) is 5.91 Å². The van der Waals surface area contributed by atoms with E-state index in [0.29, 0.717) is 17.3 Å². The summed E-state index contributed by atoms with van der Waals surface area (Å²) in [7, 11) is 3.58. The number of aliphatic imine (C=N–C) groups is 1. The first kappa shape index (κ1) is 26.1. The lowest BCUT2D eigenvalue weighted by Crippen LogP contribution is -2.58.